The van der Waals surface area contributed by atoms with Gasteiger partial charge in [0.15, 0.2) is 0 Å². The smallest absolute Gasteiger partial charge is 0.261 e. The SMILES string of the molecule is O=C(N[C@@H]1CCN2CN(c3ccc(C4(CN5CCOCC5)CC4)cc3)C(=O)[C@H]12)c1ccc(Cl)s1. The molecule has 0 radical (unpaired) electrons. The highest BCUT2D eigenvalue weighted by Crippen LogP contribution is 2.49. The summed E-state index contributed by atoms with van der Waals surface area (Å²) in [6.45, 7) is 6.12. The van der Waals surface area contributed by atoms with Crippen molar-refractivity contribution < 1.29 is 14.3 Å². The van der Waals surface area contributed by atoms with Crippen LogP contribution in [0, 0.1) is 0 Å². The Labute approximate surface area is 208 Å². The summed E-state index contributed by atoms with van der Waals surface area (Å²) in [5.41, 5.74) is 2.56. The maximum atomic E-state index is 13.4. The Kier molecular flexibility index (Phi) is 5.90. The molecule has 2 atom stereocenters. The van der Waals surface area contributed by atoms with Crippen LogP contribution in [-0.2, 0) is 14.9 Å². The minimum atomic E-state index is -0.310. The number of rotatable bonds is 6. The number of morpholine rings is 1. The Morgan fingerprint density at radius 2 is 1.88 bits per heavy atom. The Hall–Kier alpha value is -1.97. The lowest BCUT2D eigenvalue weighted by Gasteiger charge is -2.31. The summed E-state index contributed by atoms with van der Waals surface area (Å²) in [6, 6.07) is 11.6. The average molecular weight is 501 g/mol. The highest BCUT2D eigenvalue weighted by atomic mass is 35.5. The topological polar surface area (TPSA) is 65.1 Å². The lowest BCUT2D eigenvalue weighted by atomic mass is 9.94. The van der Waals surface area contributed by atoms with Gasteiger partial charge in [-0.05, 0) is 49.1 Å². The highest BCUT2D eigenvalue weighted by molar-refractivity contribution is 7.18. The van der Waals surface area contributed by atoms with Crippen LogP contribution in [0.1, 0.15) is 34.5 Å². The summed E-state index contributed by atoms with van der Waals surface area (Å²) in [4.78, 5) is 33.1. The third-order valence-electron chi connectivity index (χ3n) is 7.73. The van der Waals surface area contributed by atoms with E-state index in [4.69, 9.17) is 16.3 Å². The maximum absolute atomic E-state index is 13.4. The third-order valence-corrected chi connectivity index (χ3v) is 8.96. The number of carbonyl (C=O) groups is 2. The molecule has 2 amide bonds. The van der Waals surface area contributed by atoms with Gasteiger partial charge in [-0.25, -0.2) is 0 Å². The van der Waals surface area contributed by atoms with Crippen molar-refractivity contribution in [3.05, 3.63) is 51.2 Å². The molecule has 1 saturated carbocycles. The zero-order chi connectivity index (χ0) is 23.3. The molecule has 1 N–H and O–H groups in total. The van der Waals surface area contributed by atoms with Gasteiger partial charge in [-0.2, -0.15) is 0 Å². The van der Waals surface area contributed by atoms with Crippen LogP contribution in [0.2, 0.25) is 4.34 Å². The predicted molar refractivity (Wildman–Crippen MR) is 133 cm³/mol. The van der Waals surface area contributed by atoms with E-state index < -0.39 is 0 Å². The number of carbonyl (C=O) groups excluding carboxylic acids is 2. The van der Waals surface area contributed by atoms with E-state index in [9.17, 15) is 9.59 Å². The van der Waals surface area contributed by atoms with Crippen molar-refractivity contribution in [1.29, 1.82) is 0 Å². The van der Waals surface area contributed by atoms with Crippen LogP contribution in [0.25, 0.3) is 0 Å². The Morgan fingerprint density at radius 3 is 2.56 bits per heavy atom. The molecule has 4 aliphatic rings. The Morgan fingerprint density at radius 1 is 1.12 bits per heavy atom. The molecular weight excluding hydrogens is 472 g/mol. The molecule has 1 aromatic carbocycles. The van der Waals surface area contributed by atoms with E-state index in [1.54, 1.807) is 12.1 Å². The normalized spacial score (nSPS) is 26.6. The summed E-state index contributed by atoms with van der Waals surface area (Å²) < 4.78 is 6.08. The molecule has 1 aliphatic carbocycles. The van der Waals surface area contributed by atoms with E-state index in [-0.39, 0.29) is 29.3 Å². The molecule has 180 valence electrons. The van der Waals surface area contributed by atoms with Gasteiger partial charge < -0.3 is 10.1 Å². The van der Waals surface area contributed by atoms with Crippen molar-refractivity contribution in [1.82, 2.24) is 15.1 Å². The molecule has 3 saturated heterocycles. The summed E-state index contributed by atoms with van der Waals surface area (Å²) in [7, 11) is 0. The summed E-state index contributed by atoms with van der Waals surface area (Å²) in [6.07, 6.45) is 3.22. The lowest BCUT2D eigenvalue weighted by molar-refractivity contribution is -0.119. The number of amides is 2. The molecule has 4 fully saturated rings. The largest absolute Gasteiger partial charge is 0.379 e. The van der Waals surface area contributed by atoms with Crippen molar-refractivity contribution in [3.63, 3.8) is 0 Å². The Balaban J connectivity index is 1.12. The molecule has 0 spiro atoms. The van der Waals surface area contributed by atoms with Crippen molar-refractivity contribution >= 4 is 40.4 Å². The predicted octanol–water partition coefficient (Wildman–Crippen LogP) is 2.94. The van der Waals surface area contributed by atoms with Crippen LogP contribution in [0.5, 0.6) is 0 Å². The maximum Gasteiger partial charge on any atom is 0.261 e. The van der Waals surface area contributed by atoms with E-state index >= 15 is 0 Å². The van der Waals surface area contributed by atoms with Crippen molar-refractivity contribution in [2.75, 3.05) is 51.0 Å². The second-order valence-corrected chi connectivity index (χ2v) is 11.6. The molecule has 34 heavy (non-hydrogen) atoms. The number of hydrogen-bond donors (Lipinski definition) is 1. The van der Waals surface area contributed by atoms with Crippen LogP contribution in [0.15, 0.2) is 36.4 Å². The van der Waals surface area contributed by atoms with Crippen LogP contribution >= 0.6 is 22.9 Å². The van der Waals surface area contributed by atoms with Gasteiger partial charge in [0.2, 0.25) is 5.91 Å². The van der Waals surface area contributed by atoms with Crippen LogP contribution in [0.4, 0.5) is 5.69 Å². The van der Waals surface area contributed by atoms with Crippen molar-refractivity contribution in [2.45, 2.75) is 36.8 Å². The fraction of sp³-hybridized carbons (Fsp3) is 0.520. The fourth-order valence-electron chi connectivity index (χ4n) is 5.66. The quantitative estimate of drug-likeness (QED) is 0.660. The molecule has 2 aromatic rings. The second kappa shape index (κ2) is 8.91. The number of nitrogens with one attached hydrogen (secondary N) is 1. The number of thiophene rings is 1. The molecular formula is C25H29ClN4O3S. The lowest BCUT2D eigenvalue weighted by Crippen LogP contribution is -2.46. The highest BCUT2D eigenvalue weighted by Gasteiger charge is 2.49. The molecule has 0 bridgehead atoms. The van der Waals surface area contributed by atoms with Gasteiger partial charge in [-0.1, -0.05) is 23.7 Å². The van der Waals surface area contributed by atoms with E-state index in [0.29, 0.717) is 15.9 Å². The number of benzene rings is 1. The number of hydrogen-bond acceptors (Lipinski definition) is 6. The summed E-state index contributed by atoms with van der Waals surface area (Å²) in [5, 5.41) is 3.07. The molecule has 7 nitrogen and oxygen atoms in total. The number of anilines is 1. The molecule has 3 aliphatic heterocycles. The standard InChI is InChI=1S/C25H29ClN4O3S/c26-21-6-5-20(34-21)23(31)27-19-7-10-29-16-30(24(32)22(19)29)18-3-1-17(2-4-18)25(8-9-25)15-28-11-13-33-14-12-28/h1-6,19,22H,7-16H2,(H,27,31)/t19-,22+/m1/s1. The molecule has 4 heterocycles. The zero-order valence-corrected chi connectivity index (χ0v) is 20.6. The van der Waals surface area contributed by atoms with Gasteiger partial charge in [0, 0.05) is 37.3 Å². The van der Waals surface area contributed by atoms with E-state index in [0.717, 1.165) is 51.5 Å². The van der Waals surface area contributed by atoms with E-state index in [1.165, 1.54) is 29.7 Å². The monoisotopic (exact) mass is 500 g/mol. The van der Waals surface area contributed by atoms with Crippen molar-refractivity contribution in [3.8, 4) is 0 Å². The van der Waals surface area contributed by atoms with Gasteiger partial charge in [0.1, 0.15) is 6.04 Å². The third kappa shape index (κ3) is 4.16. The summed E-state index contributed by atoms with van der Waals surface area (Å²) >= 11 is 7.23. The first kappa shape index (κ1) is 22.5. The number of halogens is 1. The number of nitrogens with zero attached hydrogens (tertiary/aromatic N) is 3. The minimum Gasteiger partial charge on any atom is -0.379 e. The van der Waals surface area contributed by atoms with E-state index in [1.807, 2.05) is 4.90 Å². The number of fused-ring (bicyclic) bond motifs is 1. The van der Waals surface area contributed by atoms with Crippen LogP contribution in [-0.4, -0.2) is 79.8 Å². The molecule has 6 rings (SSSR count). The van der Waals surface area contributed by atoms with Gasteiger partial charge in [-0.3, -0.25) is 24.3 Å². The zero-order valence-electron chi connectivity index (χ0n) is 19.0. The van der Waals surface area contributed by atoms with Crippen molar-refractivity contribution in [2.24, 2.45) is 0 Å². The van der Waals surface area contributed by atoms with Gasteiger partial charge in [-0.15, -0.1) is 11.3 Å². The first-order chi connectivity index (χ1) is 16.5. The molecule has 9 heteroatoms. The first-order valence-corrected chi connectivity index (χ1v) is 13.2. The van der Waals surface area contributed by atoms with Crippen LogP contribution < -0.4 is 10.2 Å². The number of ether oxygens (including phenoxy) is 1. The minimum absolute atomic E-state index is 0.0641. The van der Waals surface area contributed by atoms with Crippen LogP contribution in [0.3, 0.4) is 0 Å². The van der Waals surface area contributed by atoms with Gasteiger partial charge >= 0.3 is 0 Å². The van der Waals surface area contributed by atoms with E-state index in [2.05, 4.69) is 39.4 Å². The average Bonchev–Trinajstić information content (AvgIpc) is 3.15. The van der Waals surface area contributed by atoms with Gasteiger partial charge in [0.05, 0.1) is 35.1 Å². The second-order valence-electron chi connectivity index (χ2n) is 9.85. The van der Waals surface area contributed by atoms with Gasteiger partial charge in [0.25, 0.3) is 5.91 Å². The first-order valence-electron chi connectivity index (χ1n) is 12.0. The fourth-order valence-corrected chi connectivity index (χ4v) is 6.61. The summed E-state index contributed by atoms with van der Waals surface area (Å²) in [5.74, 6) is -0.0939. The molecule has 1 aromatic heterocycles. The Bertz CT molecular complexity index is 1080. The molecule has 0 unspecified atom stereocenters.